The maximum Gasteiger partial charge on any atom is 0.253 e. The Kier molecular flexibility index (Phi) is 5.56. The number of nitrogens with zero attached hydrogens (tertiary/aromatic N) is 2. The monoisotopic (exact) mass is 370 g/mol. The minimum absolute atomic E-state index is 0.183. The average molecular weight is 371 g/mol. The third-order valence-corrected chi connectivity index (χ3v) is 6.90. The van der Waals surface area contributed by atoms with E-state index in [1.165, 1.54) is 37.9 Å². The first-order valence-corrected chi connectivity index (χ1v) is 10.7. The lowest BCUT2D eigenvalue weighted by molar-refractivity contribution is 0.0402. The van der Waals surface area contributed by atoms with Gasteiger partial charge in [0.25, 0.3) is 5.91 Å². The van der Waals surface area contributed by atoms with Crippen LogP contribution < -0.4 is 0 Å². The Morgan fingerprint density at radius 3 is 2.63 bits per heavy atom. The molecule has 4 heteroatoms. The van der Waals surface area contributed by atoms with Gasteiger partial charge in [0.1, 0.15) is 0 Å². The van der Waals surface area contributed by atoms with Crippen molar-refractivity contribution >= 4 is 5.91 Å². The Balaban J connectivity index is 1.28. The average Bonchev–Trinajstić information content (AvgIpc) is 3.04. The highest BCUT2D eigenvalue weighted by Crippen LogP contribution is 2.42. The van der Waals surface area contributed by atoms with Gasteiger partial charge >= 0.3 is 0 Å². The fraction of sp³-hybridized carbons (Fsp3) is 0.696. The van der Waals surface area contributed by atoms with E-state index in [0.29, 0.717) is 11.5 Å². The summed E-state index contributed by atoms with van der Waals surface area (Å²) in [6.07, 6.45) is 6.42. The summed E-state index contributed by atoms with van der Waals surface area (Å²) in [5.41, 5.74) is 2.31. The molecule has 4 rings (SSSR count). The molecule has 1 amide bonds. The van der Waals surface area contributed by atoms with Gasteiger partial charge in [0.05, 0.1) is 12.7 Å². The molecule has 0 aliphatic carbocycles. The molecule has 3 saturated heterocycles. The standard InChI is InChI=1S/C23H34N2O2/c1-18-5-7-20(8-6-18)22(26)25-12-9-23(10-13-25)14-21(27-17-23)16-24-11-3-4-19(2)15-24/h5-8,19,21H,3-4,9-17H2,1-2H3/t19-,21-/m0/s1. The van der Waals surface area contributed by atoms with Crippen molar-refractivity contribution in [1.82, 2.24) is 9.80 Å². The Bertz CT molecular complexity index is 649. The third kappa shape index (κ3) is 4.38. The minimum Gasteiger partial charge on any atom is -0.376 e. The molecule has 4 nitrogen and oxygen atoms in total. The van der Waals surface area contributed by atoms with Gasteiger partial charge in [0.15, 0.2) is 0 Å². The second-order valence-electron chi connectivity index (χ2n) is 9.30. The van der Waals surface area contributed by atoms with E-state index in [9.17, 15) is 4.79 Å². The van der Waals surface area contributed by atoms with Crippen LogP contribution >= 0.6 is 0 Å². The number of amides is 1. The highest BCUT2D eigenvalue weighted by atomic mass is 16.5. The van der Waals surface area contributed by atoms with E-state index >= 15 is 0 Å². The van der Waals surface area contributed by atoms with Crippen LogP contribution in [0.3, 0.4) is 0 Å². The predicted molar refractivity (Wildman–Crippen MR) is 108 cm³/mol. The molecule has 2 atom stereocenters. The number of benzene rings is 1. The molecular formula is C23H34N2O2. The van der Waals surface area contributed by atoms with E-state index in [2.05, 4.69) is 18.7 Å². The second kappa shape index (κ2) is 7.92. The highest BCUT2D eigenvalue weighted by Gasteiger charge is 2.43. The van der Waals surface area contributed by atoms with Crippen molar-refractivity contribution in [2.45, 2.75) is 52.1 Å². The number of likely N-dealkylation sites (tertiary alicyclic amines) is 2. The zero-order chi connectivity index (χ0) is 18.9. The molecule has 3 fully saturated rings. The number of carbonyl (C=O) groups is 1. The maximum atomic E-state index is 12.8. The molecule has 1 aromatic rings. The summed E-state index contributed by atoms with van der Waals surface area (Å²) in [5, 5.41) is 0. The molecular weight excluding hydrogens is 336 g/mol. The Labute approximate surface area is 163 Å². The lowest BCUT2D eigenvalue weighted by atomic mass is 9.76. The van der Waals surface area contributed by atoms with Crippen LogP contribution in [0.2, 0.25) is 0 Å². The smallest absolute Gasteiger partial charge is 0.253 e. The van der Waals surface area contributed by atoms with Crippen LogP contribution in [-0.2, 0) is 4.74 Å². The normalized spacial score (nSPS) is 28.6. The summed E-state index contributed by atoms with van der Waals surface area (Å²) in [4.78, 5) is 17.4. The summed E-state index contributed by atoms with van der Waals surface area (Å²) >= 11 is 0. The number of hydrogen-bond donors (Lipinski definition) is 0. The first-order chi connectivity index (χ1) is 13.0. The van der Waals surface area contributed by atoms with Crippen LogP contribution in [0, 0.1) is 18.3 Å². The number of hydrogen-bond acceptors (Lipinski definition) is 3. The molecule has 0 radical (unpaired) electrons. The van der Waals surface area contributed by atoms with Crippen molar-refractivity contribution < 1.29 is 9.53 Å². The molecule has 0 unspecified atom stereocenters. The fourth-order valence-corrected chi connectivity index (χ4v) is 5.16. The number of rotatable bonds is 3. The lowest BCUT2D eigenvalue weighted by Crippen LogP contribution is -2.44. The molecule has 3 aliphatic rings. The van der Waals surface area contributed by atoms with Gasteiger partial charge in [-0.25, -0.2) is 0 Å². The van der Waals surface area contributed by atoms with E-state index in [4.69, 9.17) is 4.74 Å². The Morgan fingerprint density at radius 1 is 1.19 bits per heavy atom. The molecule has 1 spiro atoms. The summed E-state index contributed by atoms with van der Waals surface area (Å²) in [6.45, 7) is 10.6. The van der Waals surface area contributed by atoms with E-state index in [1.807, 2.05) is 29.2 Å². The van der Waals surface area contributed by atoms with Crippen molar-refractivity contribution in [2.24, 2.45) is 11.3 Å². The summed E-state index contributed by atoms with van der Waals surface area (Å²) in [6, 6.07) is 7.96. The summed E-state index contributed by atoms with van der Waals surface area (Å²) in [5.74, 6) is 1.01. The predicted octanol–water partition coefficient (Wildman–Crippen LogP) is 3.74. The largest absolute Gasteiger partial charge is 0.376 e. The Morgan fingerprint density at radius 2 is 1.93 bits per heavy atom. The quantitative estimate of drug-likeness (QED) is 0.813. The zero-order valence-electron chi connectivity index (χ0n) is 17.0. The molecule has 0 N–H and O–H groups in total. The second-order valence-corrected chi connectivity index (χ2v) is 9.30. The third-order valence-electron chi connectivity index (χ3n) is 6.90. The maximum absolute atomic E-state index is 12.8. The summed E-state index contributed by atoms with van der Waals surface area (Å²) < 4.78 is 6.23. The number of carbonyl (C=O) groups excluding carboxylic acids is 1. The molecule has 3 aliphatic heterocycles. The van der Waals surface area contributed by atoms with Gasteiger partial charge in [0.2, 0.25) is 0 Å². The first-order valence-electron chi connectivity index (χ1n) is 10.7. The number of piperidine rings is 2. The van der Waals surface area contributed by atoms with Crippen molar-refractivity contribution in [3.8, 4) is 0 Å². The molecule has 148 valence electrons. The molecule has 0 saturated carbocycles. The highest BCUT2D eigenvalue weighted by molar-refractivity contribution is 5.94. The van der Waals surface area contributed by atoms with Crippen molar-refractivity contribution in [2.75, 3.05) is 39.3 Å². The fourth-order valence-electron chi connectivity index (χ4n) is 5.16. The van der Waals surface area contributed by atoms with Crippen molar-refractivity contribution in [1.29, 1.82) is 0 Å². The summed E-state index contributed by atoms with van der Waals surface area (Å²) in [7, 11) is 0. The molecule has 1 aromatic carbocycles. The SMILES string of the molecule is Cc1ccc(C(=O)N2CCC3(CC2)CO[C@H](CN2CCC[C@H](C)C2)C3)cc1. The molecule has 0 bridgehead atoms. The van der Waals surface area contributed by atoms with Gasteiger partial charge in [-0.3, -0.25) is 4.79 Å². The Hall–Kier alpha value is -1.39. The van der Waals surface area contributed by atoms with Gasteiger partial charge in [-0.1, -0.05) is 24.6 Å². The van der Waals surface area contributed by atoms with Crippen molar-refractivity contribution in [3.05, 3.63) is 35.4 Å². The molecule has 0 aromatic heterocycles. The van der Waals surface area contributed by atoms with E-state index in [0.717, 1.165) is 50.6 Å². The van der Waals surface area contributed by atoms with Gasteiger partial charge < -0.3 is 14.5 Å². The van der Waals surface area contributed by atoms with Gasteiger partial charge in [-0.2, -0.15) is 0 Å². The lowest BCUT2D eigenvalue weighted by Gasteiger charge is -2.38. The van der Waals surface area contributed by atoms with Crippen molar-refractivity contribution in [3.63, 3.8) is 0 Å². The van der Waals surface area contributed by atoms with Gasteiger partial charge in [0, 0.05) is 31.7 Å². The van der Waals surface area contributed by atoms with E-state index in [-0.39, 0.29) is 5.91 Å². The van der Waals surface area contributed by atoms with E-state index < -0.39 is 0 Å². The topological polar surface area (TPSA) is 32.8 Å². The van der Waals surface area contributed by atoms with Gasteiger partial charge in [-0.15, -0.1) is 0 Å². The van der Waals surface area contributed by atoms with Crippen LogP contribution in [0.25, 0.3) is 0 Å². The molecule has 3 heterocycles. The molecule has 27 heavy (non-hydrogen) atoms. The van der Waals surface area contributed by atoms with Gasteiger partial charge in [-0.05, 0) is 69.0 Å². The van der Waals surface area contributed by atoms with E-state index in [1.54, 1.807) is 0 Å². The first kappa shape index (κ1) is 18.9. The zero-order valence-corrected chi connectivity index (χ0v) is 17.0. The van der Waals surface area contributed by atoms with Crippen LogP contribution in [-0.4, -0.2) is 61.1 Å². The number of ether oxygens (including phenoxy) is 1. The van der Waals surface area contributed by atoms with Crippen LogP contribution in [0.15, 0.2) is 24.3 Å². The van der Waals surface area contributed by atoms with Crippen LogP contribution in [0.1, 0.15) is 54.9 Å². The van der Waals surface area contributed by atoms with Crippen LogP contribution in [0.5, 0.6) is 0 Å². The number of aryl methyl sites for hydroxylation is 1. The van der Waals surface area contributed by atoms with Crippen LogP contribution in [0.4, 0.5) is 0 Å². The minimum atomic E-state index is 0.183.